The van der Waals surface area contributed by atoms with E-state index in [1.807, 2.05) is 35.2 Å². The summed E-state index contributed by atoms with van der Waals surface area (Å²) in [7, 11) is 1.38. The van der Waals surface area contributed by atoms with Gasteiger partial charge in [-0.15, -0.1) is 0 Å². The van der Waals surface area contributed by atoms with E-state index in [4.69, 9.17) is 4.74 Å². The van der Waals surface area contributed by atoms with Gasteiger partial charge in [0.1, 0.15) is 0 Å². The van der Waals surface area contributed by atoms with Crippen molar-refractivity contribution < 1.29 is 27.8 Å². The molecule has 178 valence electrons. The van der Waals surface area contributed by atoms with E-state index in [1.165, 1.54) is 13.2 Å². The minimum Gasteiger partial charge on any atom is -0.493 e. The highest BCUT2D eigenvalue weighted by atomic mass is 19.3. The maximum atomic E-state index is 12.6. The molecule has 3 rings (SSSR count). The van der Waals surface area contributed by atoms with E-state index in [-0.39, 0.29) is 29.2 Å². The zero-order valence-corrected chi connectivity index (χ0v) is 18.8. The van der Waals surface area contributed by atoms with Gasteiger partial charge in [0.05, 0.1) is 7.11 Å². The lowest BCUT2D eigenvalue weighted by Crippen LogP contribution is -2.43. The summed E-state index contributed by atoms with van der Waals surface area (Å²) in [5.41, 5.74) is 1.90. The third kappa shape index (κ3) is 7.44. The van der Waals surface area contributed by atoms with E-state index in [2.05, 4.69) is 10.1 Å². The molecule has 2 aromatic carbocycles. The summed E-state index contributed by atoms with van der Waals surface area (Å²) in [5.74, 6) is 0.161. The van der Waals surface area contributed by atoms with Gasteiger partial charge in [0.15, 0.2) is 11.5 Å². The molecule has 1 saturated heterocycles. The second-order valence-corrected chi connectivity index (χ2v) is 8.05. The summed E-state index contributed by atoms with van der Waals surface area (Å²) in [4.78, 5) is 26.8. The van der Waals surface area contributed by atoms with Gasteiger partial charge in [0.2, 0.25) is 11.8 Å². The van der Waals surface area contributed by atoms with E-state index in [0.29, 0.717) is 45.3 Å². The smallest absolute Gasteiger partial charge is 0.387 e. The number of carbonyl (C=O) groups is 2. The standard InChI is InChI=1S/C25H30F2N2O4/c1-32-21-9-7-19(17-22(21)33-25(26)27)11-14-28-24(31)20-12-15-29(16-13-20)23(30)10-8-18-5-3-2-4-6-18/h2-7,9,17,20,25H,8,10-16H2,1H3,(H,28,31). The number of likely N-dealkylation sites (tertiary alicyclic amines) is 1. The van der Waals surface area contributed by atoms with Gasteiger partial charge < -0.3 is 19.7 Å². The Kier molecular flexibility index (Phi) is 9.04. The van der Waals surface area contributed by atoms with Gasteiger partial charge >= 0.3 is 6.61 Å². The number of amides is 2. The van der Waals surface area contributed by atoms with Crippen LogP contribution in [-0.4, -0.2) is 50.1 Å². The quantitative estimate of drug-likeness (QED) is 0.585. The Bertz CT molecular complexity index is 916. The van der Waals surface area contributed by atoms with Gasteiger partial charge in [-0.2, -0.15) is 8.78 Å². The minimum absolute atomic E-state index is 0.0272. The highest BCUT2D eigenvalue weighted by Gasteiger charge is 2.27. The number of aryl methyl sites for hydroxylation is 1. The third-order valence-electron chi connectivity index (χ3n) is 5.85. The summed E-state index contributed by atoms with van der Waals surface area (Å²) >= 11 is 0. The highest BCUT2D eigenvalue weighted by Crippen LogP contribution is 2.29. The van der Waals surface area contributed by atoms with E-state index >= 15 is 0 Å². The van der Waals surface area contributed by atoms with Gasteiger partial charge in [0, 0.05) is 32.0 Å². The van der Waals surface area contributed by atoms with Gasteiger partial charge in [0.25, 0.3) is 0 Å². The van der Waals surface area contributed by atoms with Crippen LogP contribution < -0.4 is 14.8 Å². The molecular formula is C25H30F2N2O4. The first-order chi connectivity index (χ1) is 16.0. The predicted molar refractivity (Wildman–Crippen MR) is 120 cm³/mol. The van der Waals surface area contributed by atoms with Crippen molar-refractivity contribution in [1.82, 2.24) is 10.2 Å². The molecule has 1 fully saturated rings. The van der Waals surface area contributed by atoms with E-state index in [1.54, 1.807) is 12.1 Å². The van der Waals surface area contributed by atoms with Crippen molar-refractivity contribution in [2.75, 3.05) is 26.7 Å². The molecule has 1 aliphatic heterocycles. The Hall–Kier alpha value is -3.16. The zero-order valence-electron chi connectivity index (χ0n) is 18.8. The number of rotatable bonds is 10. The Morgan fingerprint density at radius 1 is 1.03 bits per heavy atom. The molecule has 1 aliphatic rings. The van der Waals surface area contributed by atoms with Crippen LogP contribution in [0.4, 0.5) is 8.78 Å². The summed E-state index contributed by atoms with van der Waals surface area (Å²) in [6.45, 7) is -1.39. The minimum atomic E-state index is -2.94. The number of carbonyl (C=O) groups excluding carboxylic acids is 2. The molecule has 2 aromatic rings. The van der Waals surface area contributed by atoms with Crippen LogP contribution in [0.5, 0.6) is 11.5 Å². The molecular weight excluding hydrogens is 430 g/mol. The van der Waals surface area contributed by atoms with Gasteiger partial charge in [-0.3, -0.25) is 9.59 Å². The molecule has 1 N–H and O–H groups in total. The van der Waals surface area contributed by atoms with Crippen LogP contribution in [0.15, 0.2) is 48.5 Å². The second-order valence-electron chi connectivity index (χ2n) is 8.05. The Balaban J connectivity index is 1.39. The number of alkyl halides is 2. The Morgan fingerprint density at radius 3 is 2.42 bits per heavy atom. The lowest BCUT2D eigenvalue weighted by Gasteiger charge is -2.31. The fourth-order valence-corrected chi connectivity index (χ4v) is 3.98. The molecule has 0 bridgehead atoms. The number of hydrogen-bond acceptors (Lipinski definition) is 4. The Morgan fingerprint density at radius 2 is 1.76 bits per heavy atom. The summed E-state index contributed by atoms with van der Waals surface area (Å²) in [6, 6.07) is 14.7. The number of hydrogen-bond donors (Lipinski definition) is 1. The van der Waals surface area contributed by atoms with Crippen LogP contribution in [0.3, 0.4) is 0 Å². The molecule has 0 atom stereocenters. The highest BCUT2D eigenvalue weighted by molar-refractivity contribution is 5.80. The summed E-state index contributed by atoms with van der Waals surface area (Å²) in [5, 5.41) is 2.92. The molecule has 1 heterocycles. The average Bonchev–Trinajstić information content (AvgIpc) is 2.83. The molecule has 0 radical (unpaired) electrons. The van der Waals surface area contributed by atoms with Crippen molar-refractivity contribution in [3.8, 4) is 11.5 Å². The topological polar surface area (TPSA) is 67.9 Å². The number of nitrogens with one attached hydrogen (secondary N) is 1. The van der Waals surface area contributed by atoms with Crippen LogP contribution in [0, 0.1) is 5.92 Å². The van der Waals surface area contributed by atoms with Gasteiger partial charge in [-0.05, 0) is 48.9 Å². The number of ether oxygens (including phenoxy) is 2. The van der Waals surface area contributed by atoms with E-state index in [0.717, 1.165) is 17.5 Å². The maximum absolute atomic E-state index is 12.6. The number of piperidine rings is 1. The van der Waals surface area contributed by atoms with Crippen molar-refractivity contribution in [2.24, 2.45) is 5.92 Å². The fourth-order valence-electron chi connectivity index (χ4n) is 3.98. The largest absolute Gasteiger partial charge is 0.493 e. The van der Waals surface area contributed by atoms with E-state index in [9.17, 15) is 18.4 Å². The lowest BCUT2D eigenvalue weighted by molar-refractivity contribution is -0.135. The van der Waals surface area contributed by atoms with Gasteiger partial charge in [-0.1, -0.05) is 36.4 Å². The van der Waals surface area contributed by atoms with Crippen LogP contribution in [0.25, 0.3) is 0 Å². The van der Waals surface area contributed by atoms with Crippen LogP contribution in [-0.2, 0) is 22.4 Å². The molecule has 0 saturated carbocycles. The van der Waals surface area contributed by atoms with Crippen molar-refractivity contribution in [3.05, 3.63) is 59.7 Å². The normalized spacial score (nSPS) is 14.2. The fraction of sp³-hybridized carbons (Fsp3) is 0.440. The zero-order chi connectivity index (χ0) is 23.6. The first-order valence-corrected chi connectivity index (χ1v) is 11.2. The number of benzene rings is 2. The molecule has 8 heteroatoms. The number of halogens is 2. The summed E-state index contributed by atoms with van der Waals surface area (Å²) in [6.07, 6.45) is 2.94. The number of methoxy groups -OCH3 is 1. The first-order valence-electron chi connectivity index (χ1n) is 11.2. The number of nitrogens with zero attached hydrogens (tertiary/aromatic N) is 1. The van der Waals surface area contributed by atoms with Crippen LogP contribution in [0.1, 0.15) is 30.4 Å². The SMILES string of the molecule is COc1ccc(CCNC(=O)C2CCN(C(=O)CCc3ccccc3)CC2)cc1OC(F)F. The molecule has 0 spiro atoms. The second kappa shape index (κ2) is 12.2. The molecule has 0 aliphatic carbocycles. The van der Waals surface area contributed by atoms with E-state index < -0.39 is 6.61 Å². The van der Waals surface area contributed by atoms with Crippen LogP contribution >= 0.6 is 0 Å². The van der Waals surface area contributed by atoms with Crippen molar-refractivity contribution in [2.45, 2.75) is 38.7 Å². The average molecular weight is 461 g/mol. The third-order valence-corrected chi connectivity index (χ3v) is 5.85. The molecule has 33 heavy (non-hydrogen) atoms. The molecule has 6 nitrogen and oxygen atoms in total. The van der Waals surface area contributed by atoms with Crippen molar-refractivity contribution in [3.63, 3.8) is 0 Å². The molecule has 2 amide bonds. The molecule has 0 aromatic heterocycles. The van der Waals surface area contributed by atoms with Crippen molar-refractivity contribution in [1.29, 1.82) is 0 Å². The van der Waals surface area contributed by atoms with Crippen molar-refractivity contribution >= 4 is 11.8 Å². The monoisotopic (exact) mass is 460 g/mol. The lowest BCUT2D eigenvalue weighted by atomic mass is 9.95. The predicted octanol–water partition coefficient (Wildman–Crippen LogP) is 3.83. The maximum Gasteiger partial charge on any atom is 0.387 e. The van der Waals surface area contributed by atoms with Crippen LogP contribution in [0.2, 0.25) is 0 Å². The first kappa shape index (κ1) is 24.5. The summed E-state index contributed by atoms with van der Waals surface area (Å²) < 4.78 is 34.7. The molecule has 0 unspecified atom stereocenters. The van der Waals surface area contributed by atoms with Gasteiger partial charge in [-0.25, -0.2) is 0 Å². The Labute approximate surface area is 192 Å².